The van der Waals surface area contributed by atoms with Crippen molar-refractivity contribution in [2.75, 3.05) is 19.8 Å². The van der Waals surface area contributed by atoms with Crippen molar-refractivity contribution in [1.29, 1.82) is 0 Å². The Morgan fingerprint density at radius 3 is 2.43 bits per heavy atom. The fraction of sp³-hybridized carbons (Fsp3) is 0.611. The molecule has 0 radical (unpaired) electrons. The normalized spacial score (nSPS) is 12.6. The molecule has 1 aromatic rings. The topological polar surface area (TPSA) is 70.6 Å². The van der Waals surface area contributed by atoms with Crippen molar-refractivity contribution in [3.8, 4) is 5.75 Å². The lowest BCUT2D eigenvalue weighted by atomic mass is 9.87. The van der Waals surface area contributed by atoms with Crippen molar-refractivity contribution >= 4 is 6.03 Å². The lowest BCUT2D eigenvalue weighted by molar-refractivity contribution is 0.213. The van der Waals surface area contributed by atoms with E-state index in [1.807, 2.05) is 19.1 Å². The van der Waals surface area contributed by atoms with Crippen molar-refractivity contribution in [2.24, 2.45) is 0 Å². The highest BCUT2D eigenvalue weighted by molar-refractivity contribution is 5.74. The number of carbonyl (C=O) groups is 1. The molecule has 0 aliphatic rings. The number of hydrogen-bond donors (Lipinski definition) is 3. The van der Waals surface area contributed by atoms with Gasteiger partial charge in [0.05, 0.1) is 19.3 Å². The van der Waals surface area contributed by atoms with E-state index in [0.717, 1.165) is 12.2 Å². The Morgan fingerprint density at radius 2 is 1.91 bits per heavy atom. The van der Waals surface area contributed by atoms with Crippen LogP contribution in [0.25, 0.3) is 0 Å². The summed E-state index contributed by atoms with van der Waals surface area (Å²) in [7, 11) is 0. The first kappa shape index (κ1) is 19.3. The number of aliphatic hydroxyl groups excluding tert-OH is 1. The Bertz CT molecular complexity index is 462. The molecule has 0 bridgehead atoms. The summed E-state index contributed by atoms with van der Waals surface area (Å²) >= 11 is 0. The van der Waals surface area contributed by atoms with E-state index in [2.05, 4.69) is 43.5 Å². The maximum absolute atomic E-state index is 11.6. The number of aliphatic hydroxyl groups is 1. The highest BCUT2D eigenvalue weighted by Gasteiger charge is 2.13. The van der Waals surface area contributed by atoms with Gasteiger partial charge in [-0.2, -0.15) is 0 Å². The van der Waals surface area contributed by atoms with Gasteiger partial charge in [0.15, 0.2) is 0 Å². The lowest BCUT2D eigenvalue weighted by Crippen LogP contribution is -2.43. The summed E-state index contributed by atoms with van der Waals surface area (Å²) in [6.45, 7) is 9.50. The van der Waals surface area contributed by atoms with Gasteiger partial charge in [0, 0.05) is 6.54 Å². The minimum atomic E-state index is -0.250. The third kappa shape index (κ3) is 7.37. The molecule has 0 saturated carbocycles. The molecule has 1 atom stereocenters. The van der Waals surface area contributed by atoms with Crippen molar-refractivity contribution in [3.63, 3.8) is 0 Å². The SMILES string of the molecule is CCC(CO)NC(=O)NCCCOc1ccc(C(C)(C)C)cc1. The molecular weight excluding hydrogens is 292 g/mol. The van der Waals surface area contributed by atoms with E-state index in [9.17, 15) is 4.79 Å². The van der Waals surface area contributed by atoms with Gasteiger partial charge in [-0.1, -0.05) is 39.8 Å². The zero-order valence-electron chi connectivity index (χ0n) is 14.7. The molecule has 0 heterocycles. The number of carbonyl (C=O) groups excluding carboxylic acids is 1. The first-order valence-corrected chi connectivity index (χ1v) is 8.25. The van der Waals surface area contributed by atoms with Gasteiger partial charge in [0.2, 0.25) is 0 Å². The zero-order chi connectivity index (χ0) is 17.3. The maximum Gasteiger partial charge on any atom is 0.315 e. The van der Waals surface area contributed by atoms with E-state index >= 15 is 0 Å². The Hall–Kier alpha value is -1.75. The molecule has 5 nitrogen and oxygen atoms in total. The Labute approximate surface area is 139 Å². The fourth-order valence-corrected chi connectivity index (χ4v) is 2.03. The van der Waals surface area contributed by atoms with Crippen LogP contribution in [-0.2, 0) is 5.41 Å². The molecular formula is C18H30N2O3. The lowest BCUT2D eigenvalue weighted by Gasteiger charge is -2.19. The number of amides is 2. The van der Waals surface area contributed by atoms with E-state index in [4.69, 9.17) is 9.84 Å². The molecule has 0 aliphatic heterocycles. The van der Waals surface area contributed by atoms with E-state index in [1.165, 1.54) is 5.56 Å². The van der Waals surface area contributed by atoms with Gasteiger partial charge in [-0.05, 0) is 36.0 Å². The number of rotatable bonds is 8. The van der Waals surface area contributed by atoms with Crippen LogP contribution in [-0.4, -0.2) is 36.9 Å². The molecule has 0 aromatic heterocycles. The van der Waals surface area contributed by atoms with Crippen molar-refractivity contribution in [3.05, 3.63) is 29.8 Å². The number of ether oxygens (including phenoxy) is 1. The predicted octanol–water partition coefficient (Wildman–Crippen LogP) is 2.82. The number of nitrogens with one attached hydrogen (secondary N) is 2. The van der Waals surface area contributed by atoms with Gasteiger partial charge in [-0.3, -0.25) is 0 Å². The van der Waals surface area contributed by atoms with Gasteiger partial charge >= 0.3 is 6.03 Å². The maximum atomic E-state index is 11.6. The molecule has 1 unspecified atom stereocenters. The predicted molar refractivity (Wildman–Crippen MR) is 93.0 cm³/mol. The largest absolute Gasteiger partial charge is 0.494 e. The van der Waals surface area contributed by atoms with Crippen LogP contribution in [0, 0.1) is 0 Å². The Morgan fingerprint density at radius 1 is 1.26 bits per heavy atom. The molecule has 5 heteroatoms. The standard InChI is InChI=1S/C18H30N2O3/c1-5-15(13-21)20-17(22)19-11-6-12-23-16-9-7-14(8-10-16)18(2,3)4/h7-10,15,21H,5-6,11-13H2,1-4H3,(H2,19,20,22). The van der Waals surface area contributed by atoms with Crippen LogP contribution in [0.5, 0.6) is 5.75 Å². The van der Waals surface area contributed by atoms with Crippen LogP contribution >= 0.6 is 0 Å². The van der Waals surface area contributed by atoms with Crippen LogP contribution in [0.3, 0.4) is 0 Å². The summed E-state index contributed by atoms with van der Waals surface area (Å²) in [6, 6.07) is 7.69. The second-order valence-electron chi connectivity index (χ2n) is 6.66. The first-order chi connectivity index (χ1) is 10.9. The summed E-state index contributed by atoms with van der Waals surface area (Å²) in [4.78, 5) is 11.6. The van der Waals surface area contributed by atoms with Crippen LogP contribution in [0.4, 0.5) is 4.79 Å². The van der Waals surface area contributed by atoms with Crippen molar-refractivity contribution < 1.29 is 14.6 Å². The average Bonchev–Trinajstić information content (AvgIpc) is 2.52. The van der Waals surface area contributed by atoms with E-state index in [0.29, 0.717) is 19.6 Å². The molecule has 0 fully saturated rings. The summed E-state index contributed by atoms with van der Waals surface area (Å²) in [5.41, 5.74) is 1.42. The molecule has 130 valence electrons. The smallest absolute Gasteiger partial charge is 0.315 e. The first-order valence-electron chi connectivity index (χ1n) is 8.25. The minimum Gasteiger partial charge on any atom is -0.494 e. The van der Waals surface area contributed by atoms with Gasteiger partial charge in [-0.25, -0.2) is 4.79 Å². The third-order valence-corrected chi connectivity index (χ3v) is 3.64. The molecule has 3 N–H and O–H groups in total. The van der Waals surface area contributed by atoms with Gasteiger partial charge in [-0.15, -0.1) is 0 Å². The number of urea groups is 1. The second-order valence-corrected chi connectivity index (χ2v) is 6.66. The summed E-state index contributed by atoms with van der Waals surface area (Å²) < 4.78 is 5.67. The van der Waals surface area contributed by atoms with Crippen molar-refractivity contribution in [2.45, 2.75) is 52.0 Å². The van der Waals surface area contributed by atoms with Gasteiger partial charge in [0.25, 0.3) is 0 Å². The van der Waals surface area contributed by atoms with Gasteiger partial charge < -0.3 is 20.5 Å². The molecule has 23 heavy (non-hydrogen) atoms. The fourth-order valence-electron chi connectivity index (χ4n) is 2.03. The average molecular weight is 322 g/mol. The third-order valence-electron chi connectivity index (χ3n) is 3.64. The van der Waals surface area contributed by atoms with Crippen LogP contribution in [0.2, 0.25) is 0 Å². The highest BCUT2D eigenvalue weighted by Crippen LogP contribution is 2.24. The quantitative estimate of drug-likeness (QED) is 0.645. The van der Waals surface area contributed by atoms with E-state index < -0.39 is 0 Å². The van der Waals surface area contributed by atoms with Gasteiger partial charge in [0.1, 0.15) is 5.75 Å². The summed E-state index contributed by atoms with van der Waals surface area (Å²) in [5, 5.41) is 14.5. The van der Waals surface area contributed by atoms with Crippen molar-refractivity contribution in [1.82, 2.24) is 10.6 Å². The number of hydrogen-bond acceptors (Lipinski definition) is 3. The highest BCUT2D eigenvalue weighted by atomic mass is 16.5. The molecule has 2 amide bonds. The monoisotopic (exact) mass is 322 g/mol. The molecule has 0 saturated heterocycles. The van der Waals surface area contributed by atoms with Crippen LogP contribution < -0.4 is 15.4 Å². The molecule has 0 aliphatic carbocycles. The number of benzene rings is 1. The summed E-state index contributed by atoms with van der Waals surface area (Å²) in [6.07, 6.45) is 1.43. The minimum absolute atomic E-state index is 0.0441. The second kappa shape index (κ2) is 9.40. The van der Waals surface area contributed by atoms with Crippen LogP contribution in [0.1, 0.15) is 46.1 Å². The van der Waals surface area contributed by atoms with E-state index in [-0.39, 0.29) is 24.1 Å². The Kier molecular flexibility index (Phi) is 7.89. The molecule has 1 rings (SSSR count). The zero-order valence-corrected chi connectivity index (χ0v) is 14.7. The molecule has 1 aromatic carbocycles. The van der Waals surface area contributed by atoms with E-state index in [1.54, 1.807) is 0 Å². The van der Waals surface area contributed by atoms with Crippen LogP contribution in [0.15, 0.2) is 24.3 Å². The Balaban J connectivity index is 2.21. The summed E-state index contributed by atoms with van der Waals surface area (Å²) in [5.74, 6) is 0.841. The molecule has 0 spiro atoms.